The van der Waals surface area contributed by atoms with Crippen molar-refractivity contribution in [3.8, 4) is 11.5 Å². The molecule has 0 amide bonds. The highest BCUT2D eigenvalue weighted by Gasteiger charge is 2.17. The summed E-state index contributed by atoms with van der Waals surface area (Å²) in [4.78, 5) is 8.55. The van der Waals surface area contributed by atoms with Gasteiger partial charge in [0.2, 0.25) is 0 Å². The summed E-state index contributed by atoms with van der Waals surface area (Å²) in [6.07, 6.45) is 8.01. The van der Waals surface area contributed by atoms with Crippen LogP contribution in [0.15, 0.2) is 55.3 Å². The van der Waals surface area contributed by atoms with Crippen LogP contribution in [-0.4, -0.2) is 36.8 Å². The number of aromatic nitrogens is 2. The van der Waals surface area contributed by atoms with E-state index in [1.165, 1.54) is 19.3 Å². The van der Waals surface area contributed by atoms with Crippen molar-refractivity contribution >= 4 is 16.7 Å². The molecule has 0 radical (unpaired) electrons. The van der Waals surface area contributed by atoms with Crippen molar-refractivity contribution in [3.05, 3.63) is 55.3 Å². The summed E-state index contributed by atoms with van der Waals surface area (Å²) in [5.74, 6) is 1.88. The molecule has 2 N–H and O–H groups in total. The summed E-state index contributed by atoms with van der Waals surface area (Å²) in [6, 6.07) is 3.64. The zero-order valence-corrected chi connectivity index (χ0v) is 20.7. The van der Waals surface area contributed by atoms with Gasteiger partial charge in [0.1, 0.15) is 18.0 Å². The van der Waals surface area contributed by atoms with Gasteiger partial charge in [-0.2, -0.15) is 0 Å². The average molecular weight is 459 g/mol. The molecule has 0 unspecified atom stereocenters. The summed E-state index contributed by atoms with van der Waals surface area (Å²) in [7, 11) is 1.59. The number of nitrogens with zero attached hydrogens (tertiary/aromatic N) is 2. The highest BCUT2D eigenvalue weighted by atomic mass is 19.1. The number of benzene rings is 1. The Kier molecular flexibility index (Phi) is 13.5. The van der Waals surface area contributed by atoms with Crippen LogP contribution in [0.1, 0.15) is 47.0 Å². The van der Waals surface area contributed by atoms with E-state index >= 15 is 0 Å². The third kappa shape index (κ3) is 8.85. The zero-order valence-electron chi connectivity index (χ0n) is 20.7. The molecule has 0 atom stereocenters. The minimum atomic E-state index is -0.370. The van der Waals surface area contributed by atoms with Crippen molar-refractivity contribution in [3.63, 3.8) is 0 Å². The Bertz CT molecular complexity index is 905. The molecule has 33 heavy (non-hydrogen) atoms. The molecule has 182 valence electrons. The Morgan fingerprint density at radius 2 is 1.88 bits per heavy atom. The van der Waals surface area contributed by atoms with E-state index in [0.717, 1.165) is 32.4 Å². The Balaban J connectivity index is 0.000000820. The fraction of sp³-hybridized carbons (Fsp3) is 0.462. The van der Waals surface area contributed by atoms with Gasteiger partial charge in [-0.3, -0.25) is 0 Å². The first-order valence-corrected chi connectivity index (χ1v) is 11.6. The first kappa shape index (κ1) is 28.1. The van der Waals surface area contributed by atoms with E-state index in [-0.39, 0.29) is 11.5 Å². The molecule has 0 saturated carbocycles. The van der Waals surface area contributed by atoms with Gasteiger partial charge in [0.25, 0.3) is 0 Å². The number of piperidine rings is 1. The van der Waals surface area contributed by atoms with E-state index in [2.05, 4.69) is 40.7 Å². The van der Waals surface area contributed by atoms with Gasteiger partial charge in [0.15, 0.2) is 11.5 Å². The number of halogens is 1. The lowest BCUT2D eigenvalue weighted by molar-refractivity contribution is 0.208. The van der Waals surface area contributed by atoms with Crippen LogP contribution in [0.5, 0.6) is 11.5 Å². The number of anilines is 1. The van der Waals surface area contributed by atoms with Gasteiger partial charge in [-0.1, -0.05) is 33.4 Å². The molecule has 1 saturated heterocycles. The van der Waals surface area contributed by atoms with E-state index in [1.807, 2.05) is 32.1 Å². The Labute approximate surface area is 198 Å². The summed E-state index contributed by atoms with van der Waals surface area (Å²) < 4.78 is 25.1. The highest BCUT2D eigenvalue weighted by Crippen LogP contribution is 2.35. The van der Waals surface area contributed by atoms with E-state index in [9.17, 15) is 4.39 Å². The number of hydrogen-bond donors (Lipinski definition) is 2. The lowest BCUT2D eigenvalue weighted by Gasteiger charge is -2.23. The molecule has 1 aliphatic heterocycles. The number of rotatable bonds is 8. The van der Waals surface area contributed by atoms with Crippen LogP contribution < -0.4 is 20.1 Å². The molecule has 1 aliphatic rings. The van der Waals surface area contributed by atoms with Crippen molar-refractivity contribution in [1.29, 1.82) is 0 Å². The molecular weight excluding hydrogens is 419 g/mol. The van der Waals surface area contributed by atoms with Crippen molar-refractivity contribution in [2.45, 2.75) is 47.0 Å². The SMILES string of the molecule is C=C/C(Nc1ncnc2cc(OCC3CCNCC3)c(OC)cc12)=C(\C)F.C=CCC.CC. The molecule has 2 heterocycles. The second-order valence-corrected chi connectivity index (χ2v) is 7.22. The smallest absolute Gasteiger partial charge is 0.163 e. The lowest BCUT2D eigenvalue weighted by Crippen LogP contribution is -2.30. The van der Waals surface area contributed by atoms with E-state index < -0.39 is 0 Å². The van der Waals surface area contributed by atoms with Gasteiger partial charge in [-0.05, 0) is 57.3 Å². The van der Waals surface area contributed by atoms with Gasteiger partial charge in [0, 0.05) is 11.5 Å². The predicted octanol–water partition coefficient (Wildman–Crippen LogP) is 6.42. The molecule has 6 nitrogen and oxygen atoms in total. The lowest BCUT2D eigenvalue weighted by atomic mass is 9.99. The summed E-state index contributed by atoms with van der Waals surface area (Å²) in [6.45, 7) is 17.2. The van der Waals surface area contributed by atoms with E-state index in [4.69, 9.17) is 9.47 Å². The fourth-order valence-corrected chi connectivity index (χ4v) is 3.10. The quantitative estimate of drug-likeness (QED) is 0.351. The van der Waals surface area contributed by atoms with Crippen LogP contribution in [-0.2, 0) is 0 Å². The van der Waals surface area contributed by atoms with Gasteiger partial charge < -0.3 is 20.1 Å². The Hall–Kier alpha value is -2.93. The van der Waals surface area contributed by atoms with Gasteiger partial charge in [0.05, 0.1) is 24.9 Å². The van der Waals surface area contributed by atoms with Gasteiger partial charge in [-0.15, -0.1) is 6.58 Å². The number of hydrogen-bond acceptors (Lipinski definition) is 6. The first-order chi connectivity index (χ1) is 16.0. The zero-order chi connectivity index (χ0) is 24.6. The van der Waals surface area contributed by atoms with Crippen LogP contribution in [0, 0.1) is 5.92 Å². The largest absolute Gasteiger partial charge is 0.493 e. The highest BCUT2D eigenvalue weighted by molar-refractivity contribution is 5.92. The predicted molar refractivity (Wildman–Crippen MR) is 137 cm³/mol. The maximum absolute atomic E-state index is 13.6. The molecule has 2 aromatic rings. The standard InChI is InChI=1S/C20H25FN4O2.C4H8.C2H6/c1-4-16(13(2)21)25-20-15-9-18(26-3)19(10-17(15)23-12-24-20)27-11-14-5-7-22-8-6-14;1-3-4-2;1-2/h4,9-10,12,14,22H,1,5-8,11H2,2-3H3,(H,23,24,25);3H,1,4H2,2H3;1-2H3/b16-13-;;. The minimum Gasteiger partial charge on any atom is -0.493 e. The molecule has 7 heteroatoms. The minimum absolute atomic E-state index is 0.264. The van der Waals surface area contributed by atoms with Crippen LogP contribution in [0.4, 0.5) is 10.2 Å². The van der Waals surface area contributed by atoms with Gasteiger partial charge >= 0.3 is 0 Å². The topological polar surface area (TPSA) is 68.3 Å². The fourth-order valence-electron chi connectivity index (χ4n) is 3.10. The molecule has 1 fully saturated rings. The second kappa shape index (κ2) is 15.8. The average Bonchev–Trinajstić information content (AvgIpc) is 2.87. The molecule has 1 aromatic carbocycles. The van der Waals surface area contributed by atoms with Crippen LogP contribution >= 0.6 is 0 Å². The van der Waals surface area contributed by atoms with E-state index in [1.54, 1.807) is 7.11 Å². The number of allylic oxidation sites excluding steroid dienone is 3. The monoisotopic (exact) mass is 458 g/mol. The molecule has 0 bridgehead atoms. The molecule has 0 spiro atoms. The molecule has 0 aliphatic carbocycles. The van der Waals surface area contributed by atoms with Crippen molar-refractivity contribution < 1.29 is 13.9 Å². The normalized spacial score (nSPS) is 14.0. The second-order valence-electron chi connectivity index (χ2n) is 7.22. The molecule has 1 aromatic heterocycles. The first-order valence-electron chi connectivity index (χ1n) is 11.6. The maximum Gasteiger partial charge on any atom is 0.163 e. The van der Waals surface area contributed by atoms with Crippen molar-refractivity contribution in [2.75, 3.05) is 32.1 Å². The summed E-state index contributed by atoms with van der Waals surface area (Å²) in [5.41, 5.74) is 0.953. The van der Waals surface area contributed by atoms with Crippen LogP contribution in [0.2, 0.25) is 0 Å². The van der Waals surface area contributed by atoms with Crippen molar-refractivity contribution in [1.82, 2.24) is 15.3 Å². The number of ether oxygens (including phenoxy) is 2. The summed E-state index contributed by atoms with van der Waals surface area (Å²) in [5, 5.41) is 7.02. The number of fused-ring (bicyclic) bond motifs is 1. The third-order valence-electron chi connectivity index (χ3n) is 4.97. The van der Waals surface area contributed by atoms with E-state index in [0.29, 0.717) is 40.7 Å². The number of nitrogens with one attached hydrogen (secondary N) is 2. The Morgan fingerprint density at radius 1 is 1.21 bits per heavy atom. The van der Waals surface area contributed by atoms with Crippen molar-refractivity contribution in [2.24, 2.45) is 5.92 Å². The van der Waals surface area contributed by atoms with Crippen LogP contribution in [0.25, 0.3) is 10.9 Å². The maximum atomic E-state index is 13.6. The molecular formula is C26H39FN4O2. The summed E-state index contributed by atoms with van der Waals surface area (Å²) >= 11 is 0. The Morgan fingerprint density at radius 3 is 2.42 bits per heavy atom. The number of methoxy groups -OCH3 is 1. The third-order valence-corrected chi connectivity index (χ3v) is 4.97. The van der Waals surface area contributed by atoms with Crippen LogP contribution in [0.3, 0.4) is 0 Å². The molecule has 3 rings (SSSR count). The van der Waals surface area contributed by atoms with Gasteiger partial charge in [-0.25, -0.2) is 14.4 Å².